The molecule has 4 aromatic rings. The molecule has 1 N–H and O–H groups in total. The van der Waals surface area contributed by atoms with Gasteiger partial charge in [-0.3, -0.25) is 9.58 Å². The lowest BCUT2D eigenvalue weighted by atomic mass is 9.82. The van der Waals surface area contributed by atoms with Crippen LogP contribution in [0.25, 0.3) is 22.3 Å². The number of nitrogens with zero attached hydrogens (tertiary/aromatic N) is 8. The van der Waals surface area contributed by atoms with E-state index in [1.165, 1.54) is 6.33 Å². The zero-order valence-electron chi connectivity index (χ0n) is 23.5. The number of alkyl halides is 3. The summed E-state index contributed by atoms with van der Waals surface area (Å²) in [6.45, 7) is 1.76. The molecule has 0 amide bonds. The summed E-state index contributed by atoms with van der Waals surface area (Å²) in [6, 6.07) is 7.28. The maximum atomic E-state index is 13.5. The molecule has 6 rings (SSSR count). The van der Waals surface area contributed by atoms with Crippen molar-refractivity contribution in [1.29, 1.82) is 5.26 Å². The fraction of sp³-hybridized carbons (Fsp3) is 0.483. The number of hydrogen-bond donors (Lipinski definition) is 1. The van der Waals surface area contributed by atoms with Gasteiger partial charge in [0, 0.05) is 55.1 Å². The molecule has 2 aliphatic rings. The third-order valence-electron chi connectivity index (χ3n) is 8.20. The highest BCUT2D eigenvalue weighted by molar-refractivity contribution is 5.90. The summed E-state index contributed by atoms with van der Waals surface area (Å²) in [5.74, 6) is 0.0252. The molecule has 2 fully saturated rings. The number of fused-ring (bicyclic) bond motifs is 1. The van der Waals surface area contributed by atoms with Gasteiger partial charge in [0.2, 0.25) is 5.88 Å². The van der Waals surface area contributed by atoms with Gasteiger partial charge < -0.3 is 14.6 Å². The summed E-state index contributed by atoms with van der Waals surface area (Å²) in [5.41, 5.74) is 1.57. The molecule has 42 heavy (non-hydrogen) atoms. The van der Waals surface area contributed by atoms with Gasteiger partial charge in [0.25, 0.3) is 0 Å². The summed E-state index contributed by atoms with van der Waals surface area (Å²) >= 11 is 0. The first-order valence-corrected chi connectivity index (χ1v) is 14.0. The maximum Gasteiger partial charge on any atom is 0.433 e. The van der Waals surface area contributed by atoms with Crippen molar-refractivity contribution in [3.8, 4) is 23.2 Å². The van der Waals surface area contributed by atoms with E-state index in [0.29, 0.717) is 37.7 Å². The van der Waals surface area contributed by atoms with Crippen LogP contribution in [0.5, 0.6) is 5.88 Å². The molecule has 1 aliphatic carbocycles. The summed E-state index contributed by atoms with van der Waals surface area (Å²) in [7, 11) is 3.61. The molecule has 0 unspecified atom stereocenters. The minimum absolute atomic E-state index is 0.0252. The number of nitriles is 1. The van der Waals surface area contributed by atoms with Crippen LogP contribution < -0.4 is 4.74 Å². The third-order valence-corrected chi connectivity index (χ3v) is 8.20. The molecule has 0 atom stereocenters. The average Bonchev–Trinajstić information content (AvgIpc) is 3.60. The van der Waals surface area contributed by atoms with Crippen molar-refractivity contribution in [3.05, 3.63) is 54.4 Å². The van der Waals surface area contributed by atoms with Crippen molar-refractivity contribution in [2.75, 3.05) is 27.2 Å². The smallest absolute Gasteiger partial charge is 0.433 e. The average molecular weight is 580 g/mol. The van der Waals surface area contributed by atoms with E-state index in [1.807, 2.05) is 28.0 Å². The van der Waals surface area contributed by atoms with E-state index >= 15 is 0 Å². The van der Waals surface area contributed by atoms with Crippen LogP contribution in [-0.2, 0) is 18.3 Å². The number of aromatic nitrogens is 6. The Labute approximate surface area is 241 Å². The number of likely N-dealkylation sites (tertiary alicyclic amines) is 1. The van der Waals surface area contributed by atoms with Crippen molar-refractivity contribution in [2.45, 2.75) is 62.5 Å². The van der Waals surface area contributed by atoms with Crippen molar-refractivity contribution in [3.63, 3.8) is 0 Å². The fourth-order valence-electron chi connectivity index (χ4n) is 6.18. The Balaban J connectivity index is 1.09. The number of rotatable bonds is 8. The number of H-pyrrole nitrogens is 1. The van der Waals surface area contributed by atoms with E-state index in [-0.39, 0.29) is 12.0 Å². The standard InChI is InChI=1S/C29H32F3N9O/c1-39(2)14-19-11-24(29(30,31)32)38-25(12-19)42-22-5-3-21(4-6-22)40-16-28(17-40,8-9-33)41-15-20(13-37-41)26-23-7-10-34-27(23)36-18-35-26/h7,10-13,15,18,21-22H,3-6,8,14,16-17H2,1-2H3,(H,34,35,36)/t21-,22+. The van der Waals surface area contributed by atoms with Gasteiger partial charge in [0.05, 0.1) is 24.4 Å². The zero-order chi connectivity index (χ0) is 29.5. The van der Waals surface area contributed by atoms with E-state index in [2.05, 4.69) is 36.0 Å². The lowest BCUT2D eigenvalue weighted by Crippen LogP contribution is -2.65. The second-order valence-corrected chi connectivity index (χ2v) is 11.6. The first kappa shape index (κ1) is 28.1. The molecular weight excluding hydrogens is 547 g/mol. The van der Waals surface area contributed by atoms with Crippen LogP contribution in [0.2, 0.25) is 0 Å². The molecule has 1 aliphatic heterocycles. The summed E-state index contributed by atoms with van der Waals surface area (Å²) < 4.78 is 48.3. The van der Waals surface area contributed by atoms with Crippen molar-refractivity contribution >= 4 is 11.0 Å². The molecule has 4 aromatic heterocycles. The topological polar surface area (TPSA) is 112 Å². The van der Waals surface area contributed by atoms with Gasteiger partial charge in [-0.25, -0.2) is 15.0 Å². The van der Waals surface area contributed by atoms with Gasteiger partial charge in [0.15, 0.2) is 0 Å². The van der Waals surface area contributed by atoms with Gasteiger partial charge in [-0.15, -0.1) is 0 Å². The van der Waals surface area contributed by atoms with Crippen LogP contribution in [0.4, 0.5) is 13.2 Å². The molecule has 13 heteroatoms. The van der Waals surface area contributed by atoms with Gasteiger partial charge in [-0.1, -0.05) is 0 Å². The Morgan fingerprint density at radius 1 is 1.17 bits per heavy atom. The van der Waals surface area contributed by atoms with Crippen LogP contribution in [0, 0.1) is 11.3 Å². The Morgan fingerprint density at radius 3 is 2.67 bits per heavy atom. The first-order valence-electron chi connectivity index (χ1n) is 14.0. The number of nitrogens with one attached hydrogen (secondary N) is 1. The SMILES string of the molecule is CN(C)Cc1cc(O[C@H]2CC[C@@H](N3CC(CC#N)(n4cc(-c5ncnc6[nH]ccc56)cn4)C3)CC2)nc(C(F)(F)F)c1. The molecule has 220 valence electrons. The van der Waals surface area contributed by atoms with Crippen molar-refractivity contribution in [1.82, 2.24) is 39.5 Å². The highest BCUT2D eigenvalue weighted by Gasteiger charge is 2.48. The predicted molar refractivity (Wildman–Crippen MR) is 148 cm³/mol. The number of hydrogen-bond acceptors (Lipinski definition) is 8. The summed E-state index contributed by atoms with van der Waals surface area (Å²) in [5, 5.41) is 15.2. The van der Waals surface area contributed by atoms with E-state index in [0.717, 1.165) is 54.0 Å². The minimum Gasteiger partial charge on any atom is -0.474 e. The zero-order valence-corrected chi connectivity index (χ0v) is 23.5. The molecule has 0 spiro atoms. The fourth-order valence-corrected chi connectivity index (χ4v) is 6.18. The Hall–Kier alpha value is -4.02. The number of pyridine rings is 1. The van der Waals surface area contributed by atoms with Crippen molar-refractivity contribution < 1.29 is 17.9 Å². The van der Waals surface area contributed by atoms with Gasteiger partial charge in [0.1, 0.15) is 29.3 Å². The van der Waals surface area contributed by atoms with Crippen LogP contribution in [-0.4, -0.2) is 78.8 Å². The molecule has 1 saturated carbocycles. The molecule has 0 bridgehead atoms. The number of aromatic amines is 1. The largest absolute Gasteiger partial charge is 0.474 e. The van der Waals surface area contributed by atoms with Gasteiger partial charge in [-0.05, 0) is 57.5 Å². The van der Waals surface area contributed by atoms with E-state index in [1.54, 1.807) is 26.4 Å². The predicted octanol–water partition coefficient (Wildman–Crippen LogP) is 4.61. The lowest BCUT2D eigenvalue weighted by Gasteiger charge is -2.53. The Morgan fingerprint density at radius 2 is 1.95 bits per heavy atom. The second kappa shape index (κ2) is 11.0. The monoisotopic (exact) mass is 579 g/mol. The molecule has 1 saturated heterocycles. The Bertz CT molecular complexity index is 1590. The molecule has 0 radical (unpaired) electrons. The van der Waals surface area contributed by atoms with E-state index < -0.39 is 17.4 Å². The normalized spacial score (nSPS) is 20.9. The van der Waals surface area contributed by atoms with Crippen LogP contribution in [0.3, 0.4) is 0 Å². The molecular formula is C29H32F3N9O. The summed E-state index contributed by atoms with van der Waals surface area (Å²) in [4.78, 5) is 19.8. The number of halogens is 3. The van der Waals surface area contributed by atoms with Gasteiger partial charge >= 0.3 is 6.18 Å². The Kier molecular flexibility index (Phi) is 7.36. The van der Waals surface area contributed by atoms with Crippen LogP contribution in [0.15, 0.2) is 43.1 Å². The van der Waals surface area contributed by atoms with E-state index in [9.17, 15) is 18.4 Å². The molecule has 0 aromatic carbocycles. The second-order valence-electron chi connectivity index (χ2n) is 11.6. The quantitative estimate of drug-likeness (QED) is 0.322. The highest BCUT2D eigenvalue weighted by Crippen LogP contribution is 2.39. The first-order chi connectivity index (χ1) is 20.1. The van der Waals surface area contributed by atoms with Crippen molar-refractivity contribution in [2.24, 2.45) is 0 Å². The van der Waals surface area contributed by atoms with E-state index in [4.69, 9.17) is 4.74 Å². The summed E-state index contributed by atoms with van der Waals surface area (Å²) in [6.07, 6.45) is 5.85. The highest BCUT2D eigenvalue weighted by atomic mass is 19.4. The van der Waals surface area contributed by atoms with Gasteiger partial charge in [-0.2, -0.15) is 23.5 Å². The maximum absolute atomic E-state index is 13.5. The molecule has 5 heterocycles. The number of ether oxygens (including phenoxy) is 1. The van der Waals surface area contributed by atoms with Crippen LogP contribution >= 0.6 is 0 Å². The third kappa shape index (κ3) is 5.56. The minimum atomic E-state index is -4.54. The molecule has 10 nitrogen and oxygen atoms in total. The van der Waals surface area contributed by atoms with Crippen LogP contribution in [0.1, 0.15) is 43.4 Å². The lowest BCUT2D eigenvalue weighted by molar-refractivity contribution is -0.141.